The molecule has 1 aliphatic heterocycles. The normalized spacial score (nSPS) is 15.2. The Balaban J connectivity index is 2.01. The van der Waals surface area contributed by atoms with Gasteiger partial charge in [-0.1, -0.05) is 11.6 Å². The molecule has 1 N–H and O–H groups in total. The molecular weight excluding hydrogens is 320 g/mol. The number of methoxy groups -OCH3 is 2. The van der Waals surface area contributed by atoms with E-state index in [0.717, 1.165) is 5.56 Å². The smallest absolute Gasteiger partial charge is 0.409 e. The van der Waals surface area contributed by atoms with Crippen LogP contribution < -0.4 is 10.1 Å². The van der Waals surface area contributed by atoms with Crippen molar-refractivity contribution in [2.75, 3.05) is 32.6 Å². The molecule has 0 saturated carbocycles. The zero-order chi connectivity index (χ0) is 17.0. The molecule has 2 rings (SSSR count). The van der Waals surface area contributed by atoms with E-state index in [-0.39, 0.29) is 17.9 Å². The van der Waals surface area contributed by atoms with Crippen LogP contribution in [-0.4, -0.2) is 44.2 Å². The summed E-state index contributed by atoms with van der Waals surface area (Å²) < 4.78 is 9.96. The number of amides is 2. The van der Waals surface area contributed by atoms with Gasteiger partial charge in [-0.05, 0) is 31.4 Å². The number of anilines is 1. The van der Waals surface area contributed by atoms with E-state index in [1.807, 2.05) is 6.92 Å². The molecule has 0 spiro atoms. The predicted octanol–water partition coefficient (Wildman–Crippen LogP) is 3.07. The first-order valence-corrected chi connectivity index (χ1v) is 7.82. The van der Waals surface area contributed by atoms with Gasteiger partial charge in [-0.2, -0.15) is 0 Å². The highest BCUT2D eigenvalue weighted by molar-refractivity contribution is 6.31. The summed E-state index contributed by atoms with van der Waals surface area (Å²) in [6.45, 7) is 2.90. The molecule has 0 aromatic heterocycles. The predicted molar refractivity (Wildman–Crippen MR) is 88.1 cm³/mol. The summed E-state index contributed by atoms with van der Waals surface area (Å²) in [6, 6.07) is 3.48. The molecule has 1 saturated heterocycles. The van der Waals surface area contributed by atoms with Gasteiger partial charge in [0, 0.05) is 30.1 Å². The molecule has 0 radical (unpaired) electrons. The van der Waals surface area contributed by atoms with Crippen LogP contribution in [0.4, 0.5) is 10.5 Å². The molecule has 0 atom stereocenters. The van der Waals surface area contributed by atoms with E-state index in [4.69, 9.17) is 21.1 Å². The van der Waals surface area contributed by atoms with Crippen LogP contribution in [0.5, 0.6) is 5.75 Å². The fourth-order valence-corrected chi connectivity index (χ4v) is 2.77. The Hall–Kier alpha value is -1.95. The second-order valence-electron chi connectivity index (χ2n) is 5.52. The third kappa shape index (κ3) is 4.07. The summed E-state index contributed by atoms with van der Waals surface area (Å²) in [4.78, 5) is 25.5. The first-order chi connectivity index (χ1) is 11.0. The van der Waals surface area contributed by atoms with Crippen molar-refractivity contribution in [2.45, 2.75) is 19.8 Å². The Labute approximate surface area is 140 Å². The molecule has 7 heteroatoms. The van der Waals surface area contributed by atoms with Crippen LogP contribution >= 0.6 is 11.6 Å². The minimum atomic E-state index is -0.348. The number of aryl methyl sites for hydroxylation is 1. The number of nitrogens with zero attached hydrogens (tertiary/aromatic N) is 1. The van der Waals surface area contributed by atoms with Crippen LogP contribution in [-0.2, 0) is 9.53 Å². The van der Waals surface area contributed by atoms with Crippen molar-refractivity contribution >= 4 is 29.3 Å². The molecule has 0 aliphatic carbocycles. The van der Waals surface area contributed by atoms with Crippen LogP contribution in [0, 0.1) is 12.8 Å². The number of hydrogen-bond acceptors (Lipinski definition) is 4. The van der Waals surface area contributed by atoms with Gasteiger partial charge in [-0.15, -0.1) is 0 Å². The van der Waals surface area contributed by atoms with Gasteiger partial charge in [0.1, 0.15) is 5.75 Å². The number of ether oxygens (including phenoxy) is 2. The average Bonchev–Trinajstić information content (AvgIpc) is 2.57. The van der Waals surface area contributed by atoms with Crippen LogP contribution in [0.3, 0.4) is 0 Å². The van der Waals surface area contributed by atoms with Crippen LogP contribution in [0.1, 0.15) is 18.4 Å². The Kier molecular flexibility index (Phi) is 5.71. The summed E-state index contributed by atoms with van der Waals surface area (Å²) in [5.74, 6) is 0.312. The lowest BCUT2D eigenvalue weighted by Crippen LogP contribution is -2.41. The highest BCUT2D eigenvalue weighted by atomic mass is 35.5. The summed E-state index contributed by atoms with van der Waals surface area (Å²) >= 11 is 6.07. The van der Waals surface area contributed by atoms with Gasteiger partial charge >= 0.3 is 6.09 Å². The number of piperidine rings is 1. The zero-order valence-corrected chi connectivity index (χ0v) is 14.3. The van der Waals surface area contributed by atoms with Crippen molar-refractivity contribution in [3.05, 3.63) is 22.7 Å². The number of carbonyl (C=O) groups excluding carboxylic acids is 2. The molecule has 1 fully saturated rings. The quantitative estimate of drug-likeness (QED) is 0.918. The Morgan fingerprint density at radius 3 is 2.48 bits per heavy atom. The summed E-state index contributed by atoms with van der Waals surface area (Å²) in [5.41, 5.74) is 1.47. The van der Waals surface area contributed by atoms with E-state index in [1.54, 1.807) is 17.0 Å². The molecule has 126 valence electrons. The van der Waals surface area contributed by atoms with Gasteiger partial charge in [0.2, 0.25) is 5.91 Å². The SMILES string of the molecule is COC(=O)N1CCC(C(=O)Nc2cc(C)c(Cl)cc2OC)CC1. The maximum Gasteiger partial charge on any atom is 0.409 e. The number of carbonyl (C=O) groups is 2. The number of benzene rings is 1. The molecule has 1 heterocycles. The van der Waals surface area contributed by atoms with Gasteiger partial charge in [-0.3, -0.25) is 4.79 Å². The topological polar surface area (TPSA) is 67.9 Å². The maximum atomic E-state index is 12.4. The Morgan fingerprint density at radius 1 is 1.26 bits per heavy atom. The standard InChI is InChI=1S/C16H21ClN2O4/c1-10-8-13(14(22-2)9-12(10)17)18-15(20)11-4-6-19(7-5-11)16(21)23-3/h8-9,11H,4-7H2,1-3H3,(H,18,20). The molecule has 1 aromatic carbocycles. The highest BCUT2D eigenvalue weighted by Crippen LogP contribution is 2.32. The second kappa shape index (κ2) is 7.55. The third-order valence-electron chi connectivity index (χ3n) is 4.04. The average molecular weight is 341 g/mol. The number of likely N-dealkylation sites (tertiary alicyclic amines) is 1. The van der Waals surface area contributed by atoms with E-state index >= 15 is 0 Å². The van der Waals surface area contributed by atoms with Gasteiger partial charge in [-0.25, -0.2) is 4.79 Å². The largest absolute Gasteiger partial charge is 0.495 e. The Bertz CT molecular complexity index is 598. The molecule has 0 unspecified atom stereocenters. The Morgan fingerprint density at radius 2 is 1.91 bits per heavy atom. The van der Waals surface area contributed by atoms with E-state index in [9.17, 15) is 9.59 Å². The van der Waals surface area contributed by atoms with Crippen molar-refractivity contribution < 1.29 is 19.1 Å². The van der Waals surface area contributed by atoms with Crippen molar-refractivity contribution in [2.24, 2.45) is 5.92 Å². The van der Waals surface area contributed by atoms with Gasteiger partial charge in [0.15, 0.2) is 0 Å². The molecule has 1 aromatic rings. The van der Waals surface area contributed by atoms with Crippen LogP contribution in [0.2, 0.25) is 5.02 Å². The van der Waals surface area contributed by atoms with Crippen molar-refractivity contribution in [1.82, 2.24) is 4.90 Å². The highest BCUT2D eigenvalue weighted by Gasteiger charge is 2.28. The minimum Gasteiger partial charge on any atom is -0.495 e. The summed E-state index contributed by atoms with van der Waals surface area (Å²) in [5, 5.41) is 3.49. The minimum absolute atomic E-state index is 0.0745. The zero-order valence-electron chi connectivity index (χ0n) is 13.5. The fraction of sp³-hybridized carbons (Fsp3) is 0.500. The fourth-order valence-electron chi connectivity index (χ4n) is 2.62. The summed E-state index contributed by atoms with van der Waals surface area (Å²) in [6.07, 6.45) is 0.866. The molecule has 2 amide bonds. The number of hydrogen-bond donors (Lipinski definition) is 1. The van der Waals surface area contributed by atoms with Gasteiger partial charge in [0.25, 0.3) is 0 Å². The van der Waals surface area contributed by atoms with E-state index in [2.05, 4.69) is 5.32 Å². The maximum absolute atomic E-state index is 12.4. The van der Waals surface area contributed by atoms with E-state index in [1.165, 1.54) is 14.2 Å². The van der Waals surface area contributed by atoms with E-state index < -0.39 is 0 Å². The molecule has 23 heavy (non-hydrogen) atoms. The molecule has 6 nitrogen and oxygen atoms in total. The van der Waals surface area contributed by atoms with E-state index in [0.29, 0.717) is 42.4 Å². The lowest BCUT2D eigenvalue weighted by Gasteiger charge is -2.30. The van der Waals surface area contributed by atoms with Gasteiger partial charge < -0.3 is 19.7 Å². The number of nitrogens with one attached hydrogen (secondary N) is 1. The number of rotatable bonds is 3. The van der Waals surface area contributed by atoms with Crippen LogP contribution in [0.25, 0.3) is 0 Å². The van der Waals surface area contributed by atoms with Crippen molar-refractivity contribution in [1.29, 1.82) is 0 Å². The molecule has 1 aliphatic rings. The van der Waals surface area contributed by atoms with Gasteiger partial charge in [0.05, 0.1) is 19.9 Å². The van der Waals surface area contributed by atoms with Crippen molar-refractivity contribution in [3.63, 3.8) is 0 Å². The lowest BCUT2D eigenvalue weighted by atomic mass is 9.96. The van der Waals surface area contributed by atoms with Crippen molar-refractivity contribution in [3.8, 4) is 5.75 Å². The second-order valence-corrected chi connectivity index (χ2v) is 5.93. The lowest BCUT2D eigenvalue weighted by molar-refractivity contribution is -0.121. The summed E-state index contributed by atoms with van der Waals surface area (Å²) in [7, 11) is 2.89. The first-order valence-electron chi connectivity index (χ1n) is 7.44. The third-order valence-corrected chi connectivity index (χ3v) is 4.44. The molecular formula is C16H21ClN2O4. The van der Waals surface area contributed by atoms with Crippen LogP contribution in [0.15, 0.2) is 12.1 Å². The number of halogens is 1. The molecule has 0 bridgehead atoms. The first kappa shape index (κ1) is 17.4. The monoisotopic (exact) mass is 340 g/mol.